The Morgan fingerprint density at radius 1 is 0.288 bits per heavy atom. The van der Waals surface area contributed by atoms with Gasteiger partial charge in [0.2, 0.25) is 0 Å². The van der Waals surface area contributed by atoms with Crippen molar-refractivity contribution in [1.82, 2.24) is 19.9 Å². The number of aromatic nitrogens is 4. The van der Waals surface area contributed by atoms with Crippen LogP contribution in [0.2, 0.25) is 0 Å². The molecule has 0 saturated heterocycles. The van der Waals surface area contributed by atoms with E-state index in [1.165, 1.54) is 121 Å². The molecule has 29 heteroatoms. The van der Waals surface area contributed by atoms with Crippen LogP contribution in [-0.2, 0) is 17.1 Å². The first kappa shape index (κ1) is 48.6. The van der Waals surface area contributed by atoms with Crippen LogP contribution in [0.1, 0.15) is 22.8 Å². The van der Waals surface area contributed by atoms with Crippen LogP contribution in [0, 0.1) is 80.9 Å². The molecule has 358 valence electrons. The second-order valence-corrected chi connectivity index (χ2v) is 15.2. The van der Waals surface area contributed by atoms with Crippen molar-refractivity contribution < 1.29 is 56.5 Å². The third kappa shape index (κ3) is 7.86. The fourth-order valence-corrected chi connectivity index (χ4v) is 8.69. The summed E-state index contributed by atoms with van der Waals surface area (Å²) in [6.45, 7) is 0. The summed E-state index contributed by atoms with van der Waals surface area (Å²) in [5.41, 5.74) is -25.2. The molecule has 0 saturated carbocycles. The molecule has 3 aromatic heterocycles. The standard InChI is InChI=1S/C44H22N12O16.Mn/c57-49(58)37-29-25(21-13-5-1-6-14-21)30-38(50(59)60)40(52(63)64)32(46-30)27(23-17-9-3-10-18-23)34-42(54(67)68)44(56(71)72)36(48-34)28(24-19-11-4-12-20-24)35-43(55(69)70)41(53(65)66)33(47-35)26(22-15-7-2-8-16-22)31(45-29)39(37)51(61)62;/h1-20,45,48H;/q;+3. The molecule has 0 unspecified atom stereocenters. The van der Waals surface area contributed by atoms with Gasteiger partial charge in [0.1, 0.15) is 22.1 Å². The number of benzene rings is 4. The van der Waals surface area contributed by atoms with Gasteiger partial charge in [-0.2, -0.15) is 0 Å². The molecule has 9 rings (SSSR count). The van der Waals surface area contributed by atoms with Gasteiger partial charge in [0.15, 0.2) is 22.8 Å². The van der Waals surface area contributed by atoms with E-state index in [0.717, 1.165) is 0 Å². The Bertz CT molecular complexity index is 3390. The molecule has 2 aliphatic heterocycles. The minimum absolute atomic E-state index is 0. The van der Waals surface area contributed by atoms with Crippen molar-refractivity contribution in [3.63, 3.8) is 0 Å². The molecule has 2 aliphatic rings. The molecule has 0 fully saturated rings. The largest absolute Gasteiger partial charge is 3.00 e. The quantitative estimate of drug-likeness (QED) is 0.0653. The number of nitro groups is 8. The van der Waals surface area contributed by atoms with E-state index < -0.39 is 152 Å². The molecule has 28 nitrogen and oxygen atoms in total. The molecular weight excluding hydrogens is 1010 g/mol. The summed E-state index contributed by atoms with van der Waals surface area (Å²) in [6, 6.07) is 25.6. The fraction of sp³-hybridized carbons (Fsp3) is 0. The molecule has 2 N–H and O–H groups in total. The maximum absolute atomic E-state index is 13.4. The SMILES string of the molecule is O=[N+]([O-])C1=C([N+](=O)[O-])c2nc1c(-c1ccccc1)c1[nH]c(c(-c3ccccc3)c3nc(c(-c4ccccc4)c4[nH]c(c2-c2ccccc2)c([N+](=O)[O-])c4[N+](=O)[O-])C([N+](=O)[O-])=C3[N+](=O)[O-])c([N+](=O)[O-])c1[N+](=O)[O-].[Mn+3]. The van der Waals surface area contributed by atoms with Crippen molar-refractivity contribution in [2.24, 2.45) is 0 Å². The number of rotatable bonds is 12. The average molecular weight is 1030 g/mol. The zero-order chi connectivity index (χ0) is 51.4. The third-order valence-electron chi connectivity index (χ3n) is 11.3. The molecule has 0 aliphatic carbocycles. The number of H-pyrrole nitrogens is 2. The van der Waals surface area contributed by atoms with Crippen LogP contribution < -0.4 is 0 Å². The van der Waals surface area contributed by atoms with Crippen molar-refractivity contribution >= 4 is 67.6 Å². The second kappa shape index (κ2) is 18.6. The Morgan fingerprint density at radius 3 is 0.616 bits per heavy atom. The smallest absolute Gasteiger partial charge is 0.343 e. The monoisotopic (exact) mass is 1030 g/mol. The number of fused-ring (bicyclic) bond motifs is 8. The first-order valence-electron chi connectivity index (χ1n) is 20.2. The fourth-order valence-electron chi connectivity index (χ4n) is 8.69. The second-order valence-electron chi connectivity index (χ2n) is 15.2. The van der Waals surface area contributed by atoms with E-state index in [9.17, 15) is 80.9 Å². The van der Waals surface area contributed by atoms with Gasteiger partial charge in [0.25, 0.3) is 0 Å². The third-order valence-corrected chi connectivity index (χ3v) is 11.3. The maximum atomic E-state index is 13.4. The molecule has 8 bridgehead atoms. The van der Waals surface area contributed by atoms with Gasteiger partial charge in [0, 0.05) is 22.3 Å². The van der Waals surface area contributed by atoms with Gasteiger partial charge >= 0.3 is 62.6 Å². The van der Waals surface area contributed by atoms with E-state index in [2.05, 4.69) is 19.9 Å². The van der Waals surface area contributed by atoms with Gasteiger partial charge in [-0.3, -0.25) is 80.9 Å². The number of aromatic amines is 2. The van der Waals surface area contributed by atoms with Crippen LogP contribution in [0.5, 0.6) is 0 Å². The maximum Gasteiger partial charge on any atom is 3.00 e. The number of nitrogens with zero attached hydrogens (tertiary/aromatic N) is 10. The van der Waals surface area contributed by atoms with E-state index in [0.29, 0.717) is 0 Å². The van der Waals surface area contributed by atoms with Crippen LogP contribution in [0.3, 0.4) is 0 Å². The molecule has 73 heavy (non-hydrogen) atoms. The molecule has 0 atom stereocenters. The predicted octanol–water partition coefficient (Wildman–Crippen LogP) is 9.37. The Hall–Kier alpha value is -10.8. The van der Waals surface area contributed by atoms with Gasteiger partial charge < -0.3 is 9.97 Å². The van der Waals surface area contributed by atoms with E-state index in [1.807, 2.05) is 0 Å². The Kier molecular flexibility index (Phi) is 12.4. The average Bonchev–Trinajstić information content (AvgIpc) is 4.13. The zero-order valence-corrected chi connectivity index (χ0v) is 37.1. The van der Waals surface area contributed by atoms with Gasteiger partial charge in [-0.25, -0.2) is 9.97 Å². The molecule has 0 radical (unpaired) electrons. The van der Waals surface area contributed by atoms with Crippen molar-refractivity contribution in [3.8, 4) is 44.5 Å². The first-order chi connectivity index (χ1) is 34.4. The zero-order valence-electron chi connectivity index (χ0n) is 35.9. The predicted molar refractivity (Wildman–Crippen MR) is 251 cm³/mol. The number of hydrogen-bond donors (Lipinski definition) is 2. The van der Waals surface area contributed by atoms with Crippen LogP contribution in [0.15, 0.2) is 121 Å². The summed E-state index contributed by atoms with van der Waals surface area (Å²) < 4.78 is 0. The van der Waals surface area contributed by atoms with E-state index in [4.69, 9.17) is 0 Å². The minimum atomic E-state index is -1.53. The van der Waals surface area contributed by atoms with Gasteiger partial charge in [-0.15, -0.1) is 0 Å². The summed E-state index contributed by atoms with van der Waals surface area (Å²) in [7, 11) is 0. The Morgan fingerprint density at radius 2 is 0.466 bits per heavy atom. The topological polar surface area (TPSA) is 402 Å². The summed E-state index contributed by atoms with van der Waals surface area (Å²) in [5, 5.41) is 108. The van der Waals surface area contributed by atoms with Crippen LogP contribution in [0.4, 0.5) is 22.7 Å². The Balaban J connectivity index is 0.00000711. The summed E-state index contributed by atoms with van der Waals surface area (Å²) >= 11 is 0. The number of nitrogens with one attached hydrogen (secondary N) is 2. The molecule has 0 spiro atoms. The van der Waals surface area contributed by atoms with Crippen molar-refractivity contribution in [2.45, 2.75) is 0 Å². The van der Waals surface area contributed by atoms with Crippen LogP contribution in [-0.4, -0.2) is 59.3 Å². The minimum Gasteiger partial charge on any atom is -0.343 e. The Labute approximate surface area is 412 Å². The van der Waals surface area contributed by atoms with Crippen molar-refractivity contribution in [2.75, 3.05) is 0 Å². The van der Waals surface area contributed by atoms with Gasteiger partial charge in [-0.05, 0) is 22.3 Å². The van der Waals surface area contributed by atoms with E-state index >= 15 is 0 Å². The molecular formula is C44H22MnN12O16+3. The molecule has 4 aromatic carbocycles. The van der Waals surface area contributed by atoms with Crippen LogP contribution in [0.25, 0.3) is 89.4 Å². The molecule has 5 heterocycles. The summed E-state index contributed by atoms with van der Waals surface area (Å²) in [5.74, 6) is 0. The van der Waals surface area contributed by atoms with E-state index in [-0.39, 0.29) is 39.3 Å². The summed E-state index contributed by atoms with van der Waals surface area (Å²) in [4.78, 5) is 111. The van der Waals surface area contributed by atoms with Crippen LogP contribution >= 0.6 is 0 Å². The molecule has 7 aromatic rings. The van der Waals surface area contributed by atoms with Crippen molar-refractivity contribution in [1.29, 1.82) is 0 Å². The normalized spacial score (nSPS) is 11.9. The molecule has 0 amide bonds. The van der Waals surface area contributed by atoms with Crippen molar-refractivity contribution in [3.05, 3.63) is 225 Å². The van der Waals surface area contributed by atoms with Gasteiger partial charge in [-0.1, -0.05) is 121 Å². The number of hydrogen-bond acceptors (Lipinski definition) is 18. The van der Waals surface area contributed by atoms with Gasteiger partial charge in [0.05, 0.1) is 39.4 Å². The first-order valence-corrected chi connectivity index (χ1v) is 20.2. The summed E-state index contributed by atoms with van der Waals surface area (Å²) in [6.07, 6.45) is 0. The van der Waals surface area contributed by atoms with E-state index in [1.54, 1.807) is 0 Å².